The molecule has 0 amide bonds. The van der Waals surface area contributed by atoms with E-state index in [0.29, 0.717) is 11.8 Å². The van der Waals surface area contributed by atoms with Gasteiger partial charge in [0.25, 0.3) is 0 Å². The van der Waals surface area contributed by atoms with Gasteiger partial charge in [-0.3, -0.25) is 0 Å². The molecule has 0 fully saturated rings. The van der Waals surface area contributed by atoms with Crippen molar-refractivity contribution < 1.29 is 4.74 Å². The van der Waals surface area contributed by atoms with Crippen molar-refractivity contribution in [3.05, 3.63) is 40.7 Å². The number of ether oxygens (including phenoxy) is 1. The minimum absolute atomic E-state index is 0.394. The fourth-order valence-corrected chi connectivity index (χ4v) is 2.79. The van der Waals surface area contributed by atoms with Crippen molar-refractivity contribution in [3.8, 4) is 5.75 Å². The van der Waals surface area contributed by atoms with Crippen LogP contribution in [0.15, 0.2) is 18.3 Å². The molecule has 1 aromatic carbocycles. The number of hydrogen-bond donors (Lipinski definition) is 1. The van der Waals surface area contributed by atoms with Gasteiger partial charge in [0.15, 0.2) is 0 Å². The van der Waals surface area contributed by atoms with Crippen molar-refractivity contribution in [2.45, 2.75) is 53.4 Å². The van der Waals surface area contributed by atoms with Gasteiger partial charge in [-0.15, -0.1) is 0 Å². The van der Waals surface area contributed by atoms with E-state index in [1.54, 1.807) is 6.20 Å². The SMILES string of the molecule is CCC(Cc1cn[nH]n1)c1cc(C)cc(C)c1OCC(C)C. The van der Waals surface area contributed by atoms with Crippen LogP contribution in [0.3, 0.4) is 0 Å². The molecule has 0 saturated carbocycles. The van der Waals surface area contributed by atoms with Gasteiger partial charge in [0, 0.05) is 6.42 Å². The average Bonchev–Trinajstić information content (AvgIpc) is 2.95. The van der Waals surface area contributed by atoms with Gasteiger partial charge in [-0.25, -0.2) is 0 Å². The first kappa shape index (κ1) is 16.5. The lowest BCUT2D eigenvalue weighted by Gasteiger charge is -2.22. The van der Waals surface area contributed by atoms with Gasteiger partial charge in [0.05, 0.1) is 18.5 Å². The Bertz CT molecular complexity index is 591. The van der Waals surface area contributed by atoms with Gasteiger partial charge in [-0.1, -0.05) is 38.5 Å². The first-order valence-electron chi connectivity index (χ1n) is 8.09. The van der Waals surface area contributed by atoms with E-state index >= 15 is 0 Å². The number of rotatable bonds is 7. The lowest BCUT2D eigenvalue weighted by atomic mass is 9.89. The van der Waals surface area contributed by atoms with Crippen molar-refractivity contribution in [2.75, 3.05) is 6.61 Å². The smallest absolute Gasteiger partial charge is 0.125 e. The Hall–Kier alpha value is -1.84. The molecule has 0 aliphatic rings. The van der Waals surface area contributed by atoms with Crippen LogP contribution in [0.1, 0.15) is 55.5 Å². The molecule has 0 spiro atoms. The van der Waals surface area contributed by atoms with Crippen molar-refractivity contribution in [1.82, 2.24) is 15.4 Å². The first-order chi connectivity index (χ1) is 10.5. The molecule has 2 rings (SSSR count). The molecule has 22 heavy (non-hydrogen) atoms. The van der Waals surface area contributed by atoms with E-state index in [9.17, 15) is 0 Å². The van der Waals surface area contributed by atoms with E-state index in [1.807, 2.05) is 0 Å². The molecule has 0 radical (unpaired) electrons. The van der Waals surface area contributed by atoms with E-state index in [4.69, 9.17) is 4.74 Å². The fourth-order valence-electron chi connectivity index (χ4n) is 2.79. The minimum atomic E-state index is 0.394. The third-order valence-corrected chi connectivity index (χ3v) is 3.86. The van der Waals surface area contributed by atoms with Crippen LogP contribution in [-0.2, 0) is 6.42 Å². The van der Waals surface area contributed by atoms with Crippen LogP contribution in [0.2, 0.25) is 0 Å². The summed E-state index contributed by atoms with van der Waals surface area (Å²) < 4.78 is 6.14. The summed E-state index contributed by atoms with van der Waals surface area (Å²) in [4.78, 5) is 0. The van der Waals surface area contributed by atoms with E-state index in [2.05, 4.69) is 62.2 Å². The number of nitrogens with one attached hydrogen (secondary N) is 1. The maximum atomic E-state index is 6.14. The highest BCUT2D eigenvalue weighted by molar-refractivity contribution is 5.46. The maximum absolute atomic E-state index is 6.14. The molecule has 4 nitrogen and oxygen atoms in total. The minimum Gasteiger partial charge on any atom is -0.493 e. The fraction of sp³-hybridized carbons (Fsp3) is 0.556. The first-order valence-corrected chi connectivity index (χ1v) is 8.09. The van der Waals surface area contributed by atoms with E-state index in [-0.39, 0.29) is 0 Å². The summed E-state index contributed by atoms with van der Waals surface area (Å²) in [5.41, 5.74) is 4.79. The Morgan fingerprint density at radius 2 is 2.00 bits per heavy atom. The lowest BCUT2D eigenvalue weighted by molar-refractivity contribution is 0.265. The average molecular weight is 301 g/mol. The zero-order chi connectivity index (χ0) is 16.1. The van der Waals surface area contributed by atoms with Crippen LogP contribution in [0.25, 0.3) is 0 Å². The molecule has 0 saturated heterocycles. The summed E-state index contributed by atoms with van der Waals surface area (Å²) in [6.07, 6.45) is 3.74. The topological polar surface area (TPSA) is 50.8 Å². The second kappa shape index (κ2) is 7.43. The normalized spacial score (nSPS) is 12.6. The Kier molecular flexibility index (Phi) is 5.58. The Morgan fingerprint density at radius 3 is 2.59 bits per heavy atom. The van der Waals surface area contributed by atoms with Gasteiger partial charge < -0.3 is 4.74 Å². The molecule has 1 heterocycles. The van der Waals surface area contributed by atoms with Gasteiger partial charge in [-0.2, -0.15) is 15.4 Å². The molecule has 0 bridgehead atoms. The molecule has 1 aromatic heterocycles. The number of aromatic amines is 1. The highest BCUT2D eigenvalue weighted by Crippen LogP contribution is 2.35. The van der Waals surface area contributed by atoms with Crippen LogP contribution < -0.4 is 4.74 Å². The van der Waals surface area contributed by atoms with Crippen molar-refractivity contribution >= 4 is 0 Å². The molecular weight excluding hydrogens is 274 g/mol. The lowest BCUT2D eigenvalue weighted by Crippen LogP contribution is -2.11. The summed E-state index contributed by atoms with van der Waals surface area (Å²) >= 11 is 0. The third kappa shape index (κ3) is 4.09. The number of aryl methyl sites for hydroxylation is 2. The third-order valence-electron chi connectivity index (χ3n) is 3.86. The summed E-state index contributed by atoms with van der Waals surface area (Å²) in [5, 5.41) is 10.8. The number of nitrogens with zero attached hydrogens (tertiary/aromatic N) is 2. The monoisotopic (exact) mass is 301 g/mol. The summed E-state index contributed by atoms with van der Waals surface area (Å²) in [5.74, 6) is 1.96. The molecule has 2 aromatic rings. The molecule has 1 unspecified atom stereocenters. The highest BCUT2D eigenvalue weighted by atomic mass is 16.5. The second-order valence-corrected chi connectivity index (χ2v) is 6.48. The molecule has 0 aliphatic carbocycles. The highest BCUT2D eigenvalue weighted by Gasteiger charge is 2.19. The van der Waals surface area contributed by atoms with Crippen LogP contribution in [0.4, 0.5) is 0 Å². The molecule has 1 atom stereocenters. The number of benzene rings is 1. The van der Waals surface area contributed by atoms with Gasteiger partial charge in [0.1, 0.15) is 5.75 Å². The van der Waals surface area contributed by atoms with Crippen LogP contribution in [0.5, 0.6) is 5.75 Å². The Balaban J connectivity index is 2.32. The van der Waals surface area contributed by atoms with E-state index in [1.165, 1.54) is 16.7 Å². The molecule has 120 valence electrons. The van der Waals surface area contributed by atoms with Crippen molar-refractivity contribution in [2.24, 2.45) is 5.92 Å². The Labute approximate surface area is 133 Å². The van der Waals surface area contributed by atoms with Gasteiger partial charge >= 0.3 is 0 Å². The Morgan fingerprint density at radius 1 is 1.23 bits per heavy atom. The molecule has 1 N–H and O–H groups in total. The second-order valence-electron chi connectivity index (χ2n) is 6.48. The summed E-state index contributed by atoms with van der Waals surface area (Å²) in [6.45, 7) is 11.6. The van der Waals surface area contributed by atoms with Crippen LogP contribution in [-0.4, -0.2) is 22.0 Å². The maximum Gasteiger partial charge on any atom is 0.125 e. The number of aromatic nitrogens is 3. The summed E-state index contributed by atoms with van der Waals surface area (Å²) in [7, 11) is 0. The quantitative estimate of drug-likeness (QED) is 0.834. The van der Waals surface area contributed by atoms with E-state index in [0.717, 1.165) is 30.9 Å². The number of H-pyrrole nitrogens is 1. The van der Waals surface area contributed by atoms with Crippen LogP contribution >= 0.6 is 0 Å². The van der Waals surface area contributed by atoms with Crippen molar-refractivity contribution in [3.63, 3.8) is 0 Å². The zero-order valence-corrected chi connectivity index (χ0v) is 14.3. The van der Waals surface area contributed by atoms with Crippen LogP contribution in [0, 0.1) is 19.8 Å². The predicted octanol–water partition coefficient (Wildman–Crippen LogP) is 4.19. The van der Waals surface area contributed by atoms with Gasteiger partial charge in [0.2, 0.25) is 0 Å². The molecule has 4 heteroatoms. The predicted molar refractivity (Wildman–Crippen MR) is 89.4 cm³/mol. The van der Waals surface area contributed by atoms with Gasteiger partial charge in [-0.05, 0) is 43.2 Å². The molecule has 0 aliphatic heterocycles. The van der Waals surface area contributed by atoms with Crippen molar-refractivity contribution in [1.29, 1.82) is 0 Å². The number of hydrogen-bond acceptors (Lipinski definition) is 3. The molecular formula is C18H27N3O. The summed E-state index contributed by atoms with van der Waals surface area (Å²) in [6, 6.07) is 4.46. The van der Waals surface area contributed by atoms with E-state index < -0.39 is 0 Å². The standard InChI is InChI=1S/C18H27N3O/c1-6-15(9-16-10-19-21-20-16)17-8-13(4)7-14(5)18(17)22-11-12(2)3/h7-8,10,12,15H,6,9,11H2,1-5H3,(H,19,20,21). The zero-order valence-electron chi connectivity index (χ0n) is 14.3. The largest absolute Gasteiger partial charge is 0.493 e.